The van der Waals surface area contributed by atoms with Crippen LogP contribution >= 0.6 is 11.8 Å². The van der Waals surface area contributed by atoms with Crippen LogP contribution in [0.1, 0.15) is 19.4 Å². The van der Waals surface area contributed by atoms with Crippen molar-refractivity contribution >= 4 is 34.6 Å². The molecule has 1 aliphatic heterocycles. The topological polar surface area (TPSA) is 91.6 Å². The molecule has 0 aromatic heterocycles. The predicted octanol–water partition coefficient (Wildman–Crippen LogP) is 3.28. The summed E-state index contributed by atoms with van der Waals surface area (Å²) in [6, 6.07) is 17.0. The molecule has 1 fully saturated rings. The average Bonchev–Trinajstić information content (AvgIpc) is 3.03. The Morgan fingerprint density at radius 3 is 2.42 bits per heavy atom. The first kappa shape index (κ1) is 23.0. The Morgan fingerprint density at radius 1 is 1.06 bits per heavy atom. The summed E-state index contributed by atoms with van der Waals surface area (Å²) in [4.78, 5) is 20.0. The Balaban J connectivity index is 1.69. The lowest BCUT2D eigenvalue weighted by molar-refractivity contribution is -0.113. The minimum Gasteiger partial charge on any atom is -0.491 e. The zero-order valence-electron chi connectivity index (χ0n) is 17.5. The third-order valence-electron chi connectivity index (χ3n) is 4.13. The van der Waals surface area contributed by atoms with Gasteiger partial charge in [0.05, 0.1) is 23.8 Å². The van der Waals surface area contributed by atoms with Gasteiger partial charge in [0, 0.05) is 6.04 Å². The Labute approximate surface area is 186 Å². The van der Waals surface area contributed by atoms with Crippen molar-refractivity contribution in [2.24, 2.45) is 4.99 Å². The summed E-state index contributed by atoms with van der Waals surface area (Å²) in [5, 5.41) is 18.1. The van der Waals surface area contributed by atoms with E-state index in [9.17, 15) is 4.79 Å². The average molecular weight is 443 g/mol. The van der Waals surface area contributed by atoms with E-state index in [1.54, 1.807) is 4.90 Å². The third-order valence-corrected chi connectivity index (χ3v) is 5.11. The van der Waals surface area contributed by atoms with Gasteiger partial charge in [0.15, 0.2) is 11.5 Å². The first-order valence-electron chi connectivity index (χ1n) is 9.97. The van der Waals surface area contributed by atoms with Gasteiger partial charge in [0.2, 0.25) is 0 Å². The highest BCUT2D eigenvalue weighted by Crippen LogP contribution is 2.36. The number of rotatable bonds is 9. The Bertz CT molecular complexity index is 927. The fraction of sp³-hybridized carbons (Fsp3) is 0.304. The van der Waals surface area contributed by atoms with E-state index in [4.69, 9.17) is 19.7 Å². The largest absolute Gasteiger partial charge is 0.491 e. The summed E-state index contributed by atoms with van der Waals surface area (Å²) < 4.78 is 10.6. The van der Waals surface area contributed by atoms with E-state index in [0.717, 1.165) is 11.3 Å². The maximum atomic E-state index is 13.1. The van der Waals surface area contributed by atoms with Gasteiger partial charge < -0.3 is 19.7 Å². The van der Waals surface area contributed by atoms with Crippen molar-refractivity contribution in [3.8, 4) is 5.75 Å². The number of amidine groups is 1. The molecule has 2 aromatic carbocycles. The number of amides is 1. The minimum atomic E-state index is -1.48. The molecule has 0 aliphatic carbocycles. The SMILES string of the molecule is CC(C)N=C1S/C(=C\c2ccc(OCCOCC(O)O)cc2)C(=O)N1c1ccccc1. The number of carbonyl (C=O) groups is 1. The molecule has 0 saturated carbocycles. The predicted molar refractivity (Wildman–Crippen MR) is 123 cm³/mol. The first-order valence-corrected chi connectivity index (χ1v) is 10.8. The molecule has 31 heavy (non-hydrogen) atoms. The van der Waals surface area contributed by atoms with Crippen molar-refractivity contribution in [1.29, 1.82) is 0 Å². The molecular weight excluding hydrogens is 416 g/mol. The van der Waals surface area contributed by atoms with E-state index in [2.05, 4.69) is 4.99 Å². The van der Waals surface area contributed by atoms with Crippen molar-refractivity contribution in [2.75, 3.05) is 24.7 Å². The molecule has 1 saturated heterocycles. The zero-order chi connectivity index (χ0) is 22.2. The lowest BCUT2D eigenvalue weighted by Gasteiger charge is -2.16. The number of anilines is 1. The molecule has 0 spiro atoms. The molecule has 2 N–H and O–H groups in total. The van der Waals surface area contributed by atoms with E-state index in [0.29, 0.717) is 22.4 Å². The number of aliphatic imine (C=N–C) groups is 1. The summed E-state index contributed by atoms with van der Waals surface area (Å²) in [7, 11) is 0. The van der Waals surface area contributed by atoms with Gasteiger partial charge in [-0.05, 0) is 61.5 Å². The van der Waals surface area contributed by atoms with Crippen LogP contribution in [0.15, 0.2) is 64.5 Å². The number of benzene rings is 2. The van der Waals surface area contributed by atoms with Crippen molar-refractivity contribution in [3.05, 3.63) is 65.1 Å². The van der Waals surface area contributed by atoms with Crippen molar-refractivity contribution in [3.63, 3.8) is 0 Å². The van der Waals surface area contributed by atoms with Crippen molar-refractivity contribution in [1.82, 2.24) is 0 Å². The first-order chi connectivity index (χ1) is 14.9. The van der Waals surface area contributed by atoms with Crippen molar-refractivity contribution in [2.45, 2.75) is 26.2 Å². The molecule has 0 atom stereocenters. The highest BCUT2D eigenvalue weighted by molar-refractivity contribution is 8.19. The second-order valence-corrected chi connectivity index (χ2v) is 8.07. The molecule has 2 aromatic rings. The maximum Gasteiger partial charge on any atom is 0.271 e. The molecule has 8 heteroatoms. The van der Waals surface area contributed by atoms with Gasteiger partial charge in [-0.3, -0.25) is 14.7 Å². The summed E-state index contributed by atoms with van der Waals surface area (Å²) in [6.45, 7) is 4.37. The molecule has 0 unspecified atom stereocenters. The van der Waals surface area contributed by atoms with Gasteiger partial charge >= 0.3 is 0 Å². The van der Waals surface area contributed by atoms with Crippen LogP contribution in [0.5, 0.6) is 5.75 Å². The van der Waals surface area contributed by atoms with Crippen LogP contribution in [-0.2, 0) is 9.53 Å². The Hall–Kier alpha value is -2.65. The van der Waals surface area contributed by atoms with Crippen LogP contribution in [0.3, 0.4) is 0 Å². The molecule has 7 nitrogen and oxygen atoms in total. The van der Waals surface area contributed by atoms with Gasteiger partial charge in [-0.2, -0.15) is 0 Å². The van der Waals surface area contributed by atoms with Crippen molar-refractivity contribution < 1.29 is 24.5 Å². The van der Waals surface area contributed by atoms with Crippen LogP contribution in [0.4, 0.5) is 5.69 Å². The highest BCUT2D eigenvalue weighted by Gasteiger charge is 2.34. The standard InChI is InChI=1S/C23H26N2O5S/c1-16(2)24-23-25(18-6-4-3-5-7-18)22(28)20(31-23)14-17-8-10-19(11-9-17)30-13-12-29-15-21(26)27/h3-11,14,16,21,26-27H,12-13,15H2,1-2H3/b20-14-,24-23?. The van der Waals surface area contributed by atoms with Gasteiger partial charge in [-0.1, -0.05) is 30.3 Å². The summed E-state index contributed by atoms with van der Waals surface area (Å²) in [5.41, 5.74) is 1.67. The lowest BCUT2D eigenvalue weighted by Crippen LogP contribution is -2.29. The Kier molecular flexibility index (Phi) is 8.25. The number of nitrogens with zero attached hydrogens (tertiary/aromatic N) is 2. The van der Waals surface area contributed by atoms with E-state index in [-0.39, 0.29) is 25.2 Å². The number of para-hydroxylation sites is 1. The minimum absolute atomic E-state index is 0.0712. The fourth-order valence-electron chi connectivity index (χ4n) is 2.80. The van der Waals surface area contributed by atoms with E-state index >= 15 is 0 Å². The monoisotopic (exact) mass is 442 g/mol. The van der Waals surface area contributed by atoms with Crippen LogP contribution in [0.2, 0.25) is 0 Å². The highest BCUT2D eigenvalue weighted by atomic mass is 32.2. The molecule has 1 aliphatic rings. The summed E-state index contributed by atoms with van der Waals surface area (Å²) in [6.07, 6.45) is 0.369. The smallest absolute Gasteiger partial charge is 0.271 e. The fourth-order valence-corrected chi connectivity index (χ4v) is 3.92. The molecule has 3 rings (SSSR count). The number of hydrogen-bond acceptors (Lipinski definition) is 7. The number of carbonyl (C=O) groups excluding carboxylic acids is 1. The van der Waals surface area contributed by atoms with E-state index in [1.807, 2.05) is 74.5 Å². The number of aliphatic hydroxyl groups excluding tert-OH is 1. The molecular formula is C23H26N2O5S. The van der Waals surface area contributed by atoms with Gasteiger partial charge in [-0.25, -0.2) is 0 Å². The van der Waals surface area contributed by atoms with Crippen LogP contribution in [0.25, 0.3) is 6.08 Å². The maximum absolute atomic E-state index is 13.1. The van der Waals surface area contributed by atoms with Gasteiger partial charge in [-0.15, -0.1) is 0 Å². The van der Waals surface area contributed by atoms with Gasteiger partial charge in [0.1, 0.15) is 12.4 Å². The molecule has 1 heterocycles. The summed E-state index contributed by atoms with van der Waals surface area (Å²) in [5.74, 6) is 0.563. The van der Waals surface area contributed by atoms with Crippen LogP contribution in [0, 0.1) is 0 Å². The number of ether oxygens (including phenoxy) is 2. The van der Waals surface area contributed by atoms with E-state index < -0.39 is 6.29 Å². The Morgan fingerprint density at radius 2 is 1.77 bits per heavy atom. The quantitative estimate of drug-likeness (QED) is 0.352. The molecule has 0 bridgehead atoms. The molecule has 164 valence electrons. The van der Waals surface area contributed by atoms with E-state index in [1.165, 1.54) is 11.8 Å². The van der Waals surface area contributed by atoms with Crippen LogP contribution < -0.4 is 9.64 Å². The normalized spacial score (nSPS) is 16.8. The number of aliphatic hydroxyl groups is 2. The second kappa shape index (κ2) is 11.1. The van der Waals surface area contributed by atoms with Gasteiger partial charge in [0.25, 0.3) is 5.91 Å². The number of hydrogen-bond donors (Lipinski definition) is 2. The third kappa shape index (κ3) is 6.67. The van der Waals surface area contributed by atoms with Crippen LogP contribution in [-0.4, -0.2) is 53.4 Å². The molecule has 1 amide bonds. The molecule has 0 radical (unpaired) electrons. The summed E-state index contributed by atoms with van der Waals surface area (Å²) >= 11 is 1.37. The second-order valence-electron chi connectivity index (χ2n) is 7.07. The zero-order valence-corrected chi connectivity index (χ0v) is 18.3. The number of thioether (sulfide) groups is 1. The lowest BCUT2D eigenvalue weighted by atomic mass is 10.2.